The van der Waals surface area contributed by atoms with Gasteiger partial charge in [0.05, 0.1) is 12.7 Å². The van der Waals surface area contributed by atoms with E-state index >= 15 is 0 Å². The van der Waals surface area contributed by atoms with Crippen LogP contribution in [0.15, 0.2) is 59.9 Å². The highest BCUT2D eigenvalue weighted by atomic mass is 16.5. The third-order valence-corrected chi connectivity index (χ3v) is 7.79. The highest BCUT2D eigenvalue weighted by molar-refractivity contribution is 5.89. The summed E-state index contributed by atoms with van der Waals surface area (Å²) in [5.74, 6) is 1.88. The lowest BCUT2D eigenvalue weighted by molar-refractivity contribution is -0.128. The first-order valence-corrected chi connectivity index (χ1v) is 15.7. The maximum atomic E-state index is 12.9. The van der Waals surface area contributed by atoms with E-state index in [1.54, 1.807) is 18.1 Å². The number of β-amino-alcohol motifs (C(OH)–C–C–N with tert-alkyl or cyclic N) is 1. The Kier molecular flexibility index (Phi) is 17.6. The van der Waals surface area contributed by atoms with E-state index in [-0.39, 0.29) is 5.91 Å². The summed E-state index contributed by atoms with van der Waals surface area (Å²) >= 11 is 0. The van der Waals surface area contributed by atoms with Crippen LogP contribution in [0.25, 0.3) is 0 Å². The predicted molar refractivity (Wildman–Crippen MR) is 170 cm³/mol. The molecular weight excluding hydrogens is 514 g/mol. The molecule has 0 saturated heterocycles. The van der Waals surface area contributed by atoms with Crippen molar-refractivity contribution in [1.29, 1.82) is 0 Å². The molecule has 2 heterocycles. The second kappa shape index (κ2) is 20.6. The molecular formula is C34H57N3O4. The van der Waals surface area contributed by atoms with E-state index < -0.39 is 6.10 Å². The summed E-state index contributed by atoms with van der Waals surface area (Å²) in [4.78, 5) is 19.4. The molecule has 3 unspecified atom stereocenters. The average Bonchev–Trinajstić information content (AvgIpc) is 2.94. The Balaban J connectivity index is 1.87. The quantitative estimate of drug-likeness (QED) is 0.165. The monoisotopic (exact) mass is 571 g/mol. The molecule has 7 heteroatoms. The van der Waals surface area contributed by atoms with Crippen LogP contribution in [-0.2, 0) is 14.3 Å². The maximum absolute atomic E-state index is 12.9. The van der Waals surface area contributed by atoms with Crippen LogP contribution in [0.1, 0.15) is 59.8 Å². The number of nitrogens with zero attached hydrogens (tertiary/aromatic N) is 3. The van der Waals surface area contributed by atoms with Crippen molar-refractivity contribution in [2.45, 2.75) is 65.9 Å². The van der Waals surface area contributed by atoms with Crippen LogP contribution in [0.5, 0.6) is 0 Å². The molecule has 1 N–H and O–H groups in total. The van der Waals surface area contributed by atoms with Gasteiger partial charge >= 0.3 is 0 Å². The van der Waals surface area contributed by atoms with Crippen molar-refractivity contribution >= 4 is 5.91 Å². The van der Waals surface area contributed by atoms with Crippen molar-refractivity contribution in [3.8, 4) is 0 Å². The van der Waals surface area contributed by atoms with Gasteiger partial charge in [0.1, 0.15) is 12.4 Å². The van der Waals surface area contributed by atoms with Crippen molar-refractivity contribution in [1.82, 2.24) is 14.7 Å². The average molecular weight is 572 g/mol. The zero-order chi connectivity index (χ0) is 29.9. The van der Waals surface area contributed by atoms with E-state index in [9.17, 15) is 9.90 Å². The van der Waals surface area contributed by atoms with Gasteiger partial charge in [-0.2, -0.15) is 0 Å². The fourth-order valence-electron chi connectivity index (χ4n) is 5.26. The Morgan fingerprint density at radius 3 is 2.71 bits per heavy atom. The largest absolute Gasteiger partial charge is 0.493 e. The van der Waals surface area contributed by atoms with Gasteiger partial charge in [-0.25, -0.2) is 0 Å². The Hall–Kier alpha value is -2.19. The normalized spacial score (nSPS) is 24.2. The minimum atomic E-state index is -0.559. The van der Waals surface area contributed by atoms with Crippen molar-refractivity contribution in [3.63, 3.8) is 0 Å². The number of aliphatic hydroxyl groups is 1. The summed E-state index contributed by atoms with van der Waals surface area (Å²) in [5.41, 5.74) is 1.11. The Morgan fingerprint density at radius 2 is 1.98 bits per heavy atom. The van der Waals surface area contributed by atoms with Gasteiger partial charge in [-0.3, -0.25) is 9.69 Å². The lowest BCUT2D eigenvalue weighted by Gasteiger charge is -2.32. The van der Waals surface area contributed by atoms with Crippen molar-refractivity contribution < 1.29 is 19.4 Å². The topological polar surface area (TPSA) is 65.5 Å². The zero-order valence-electron chi connectivity index (χ0n) is 26.5. The van der Waals surface area contributed by atoms with Gasteiger partial charge in [-0.15, -0.1) is 0 Å². The van der Waals surface area contributed by atoms with Crippen LogP contribution in [0.2, 0.25) is 0 Å². The fraction of sp³-hybridized carbons (Fsp3) is 0.676. The second-order valence-corrected chi connectivity index (χ2v) is 11.6. The summed E-state index contributed by atoms with van der Waals surface area (Å²) in [7, 11) is 1.72. The number of carbonyl (C=O) groups excluding carboxylic acids is 1. The number of allylic oxidation sites excluding steroid dienone is 7. The number of rotatable bonds is 15. The van der Waals surface area contributed by atoms with Gasteiger partial charge in [-0.05, 0) is 76.1 Å². The summed E-state index contributed by atoms with van der Waals surface area (Å²) in [5, 5.41) is 11.0. The molecule has 0 aliphatic carbocycles. The van der Waals surface area contributed by atoms with Crippen molar-refractivity contribution in [2.24, 2.45) is 11.8 Å². The molecule has 0 aromatic rings. The van der Waals surface area contributed by atoms with E-state index in [1.807, 2.05) is 19.1 Å². The second-order valence-electron chi connectivity index (χ2n) is 11.6. The maximum Gasteiger partial charge on any atom is 0.246 e. The van der Waals surface area contributed by atoms with Crippen LogP contribution in [0, 0.1) is 11.8 Å². The molecule has 41 heavy (non-hydrogen) atoms. The lowest BCUT2D eigenvalue weighted by Crippen LogP contribution is -2.45. The molecule has 0 saturated carbocycles. The van der Waals surface area contributed by atoms with Gasteiger partial charge < -0.3 is 24.4 Å². The summed E-state index contributed by atoms with van der Waals surface area (Å²) in [6.45, 7) is 16.2. The number of ether oxygens (including phenoxy) is 2. The summed E-state index contributed by atoms with van der Waals surface area (Å²) < 4.78 is 11.2. The highest BCUT2D eigenvalue weighted by Crippen LogP contribution is 2.19. The van der Waals surface area contributed by atoms with Crippen LogP contribution in [0.4, 0.5) is 0 Å². The summed E-state index contributed by atoms with van der Waals surface area (Å²) in [6, 6.07) is 0. The SMILES string of the molecule is C/C=C\C(=C/CC1=CC(=O)N(CC(O)CN2CCC(C)/C=C\C/C=C\CC(C)C2)CC1)OCCN(CC)CCOC. The zero-order valence-corrected chi connectivity index (χ0v) is 26.5. The number of methoxy groups -OCH3 is 1. The van der Waals surface area contributed by atoms with Crippen molar-refractivity contribution in [2.75, 3.05) is 72.7 Å². The molecule has 2 aliphatic rings. The minimum absolute atomic E-state index is 0.00473. The van der Waals surface area contributed by atoms with Gasteiger partial charge in [0.25, 0.3) is 0 Å². The van der Waals surface area contributed by atoms with Crippen LogP contribution >= 0.6 is 0 Å². The van der Waals surface area contributed by atoms with Gasteiger partial charge in [0.2, 0.25) is 5.91 Å². The molecule has 0 bridgehead atoms. The van der Waals surface area contributed by atoms with Crippen molar-refractivity contribution in [3.05, 3.63) is 59.9 Å². The minimum Gasteiger partial charge on any atom is -0.493 e. The molecule has 0 aromatic carbocycles. The number of aliphatic hydroxyl groups excluding tert-OH is 1. The van der Waals surface area contributed by atoms with Crippen LogP contribution in [0.3, 0.4) is 0 Å². The van der Waals surface area contributed by atoms with E-state index in [4.69, 9.17) is 9.47 Å². The molecule has 0 radical (unpaired) electrons. The molecule has 232 valence electrons. The van der Waals surface area contributed by atoms with E-state index in [0.717, 1.165) is 69.7 Å². The number of amides is 1. The van der Waals surface area contributed by atoms with Crippen LogP contribution < -0.4 is 0 Å². The first-order valence-electron chi connectivity index (χ1n) is 15.7. The van der Waals surface area contributed by atoms with Gasteiger partial charge in [0.15, 0.2) is 0 Å². The van der Waals surface area contributed by atoms with Gasteiger partial charge in [0, 0.05) is 52.5 Å². The van der Waals surface area contributed by atoms with Crippen LogP contribution in [-0.4, -0.2) is 104 Å². The molecule has 2 aliphatic heterocycles. The number of hydrogen-bond donors (Lipinski definition) is 1. The molecule has 7 nitrogen and oxygen atoms in total. The molecule has 0 fully saturated rings. The molecule has 0 aromatic heterocycles. The standard InChI is InChI=1S/C34H57N3O4/c1-6-12-33(41-24-22-35(7-2)21-23-40-5)16-15-31-18-20-37(34(39)25-31)28-32(38)27-36-19-17-29(3)13-10-8-9-11-14-30(4)26-36/h6,9-13,16,25,29-30,32,38H,7-8,14-15,17-24,26-28H2,1-5H3/b11-9-,12-6-,13-10-,33-16+. The molecule has 3 atom stereocenters. The summed E-state index contributed by atoms with van der Waals surface area (Å²) in [6.07, 6.45) is 20.9. The smallest absolute Gasteiger partial charge is 0.246 e. The first kappa shape index (κ1) is 35.0. The van der Waals surface area contributed by atoms with E-state index in [0.29, 0.717) is 51.1 Å². The predicted octanol–water partition coefficient (Wildman–Crippen LogP) is 5.21. The number of likely N-dealkylation sites (N-methyl/N-ethyl adjacent to an activating group) is 1. The third kappa shape index (κ3) is 15.0. The first-order chi connectivity index (χ1) is 19.8. The Bertz CT molecular complexity index is 894. The number of hydrogen-bond acceptors (Lipinski definition) is 6. The highest BCUT2D eigenvalue weighted by Gasteiger charge is 2.23. The van der Waals surface area contributed by atoms with E-state index in [2.05, 4.69) is 61.0 Å². The van der Waals surface area contributed by atoms with E-state index in [1.165, 1.54) is 0 Å². The fourth-order valence-corrected chi connectivity index (χ4v) is 5.26. The Labute approximate surface area is 250 Å². The molecule has 2 rings (SSSR count). The van der Waals surface area contributed by atoms with Gasteiger partial charge in [-0.1, -0.05) is 56.7 Å². The lowest BCUT2D eigenvalue weighted by atomic mass is 10.0. The third-order valence-electron chi connectivity index (χ3n) is 7.79. The molecule has 0 spiro atoms. The Morgan fingerprint density at radius 1 is 1.17 bits per heavy atom. The number of carbonyl (C=O) groups is 1. The molecule has 1 amide bonds.